The van der Waals surface area contributed by atoms with Crippen LogP contribution in [-0.4, -0.2) is 19.8 Å². The quantitative estimate of drug-likeness (QED) is 0.845. The van der Waals surface area contributed by atoms with Crippen LogP contribution < -0.4 is 19.5 Å². The molecular formula is C20H21NO4. The highest BCUT2D eigenvalue weighted by Crippen LogP contribution is 2.32. The van der Waals surface area contributed by atoms with Crippen LogP contribution >= 0.6 is 0 Å². The number of fused-ring (bicyclic) bond motifs is 1. The molecule has 1 atom stereocenters. The normalized spacial score (nSPS) is 13.7. The van der Waals surface area contributed by atoms with Gasteiger partial charge in [-0.05, 0) is 43.7 Å². The van der Waals surface area contributed by atoms with Gasteiger partial charge in [-0.25, -0.2) is 0 Å². The third-order valence-electron chi connectivity index (χ3n) is 4.03. The third kappa shape index (κ3) is 3.94. The second kappa shape index (κ2) is 7.30. The summed E-state index contributed by atoms with van der Waals surface area (Å²) in [4.78, 5) is 12.2. The number of hydrogen-bond donors (Lipinski definition) is 1. The van der Waals surface area contributed by atoms with Gasteiger partial charge in [-0.1, -0.05) is 23.8 Å². The largest absolute Gasteiger partial charge is 0.496 e. The summed E-state index contributed by atoms with van der Waals surface area (Å²) in [5.74, 6) is 2.01. The first-order chi connectivity index (χ1) is 12.1. The molecule has 130 valence electrons. The Bertz CT molecular complexity index is 813. The lowest BCUT2D eigenvalue weighted by Gasteiger charge is -2.17. The first kappa shape index (κ1) is 16.9. The summed E-state index contributed by atoms with van der Waals surface area (Å²) in [5, 5.41) is 2.96. The first-order valence-corrected chi connectivity index (χ1v) is 8.09. The molecule has 1 amide bonds. The molecule has 1 N–H and O–H groups in total. The molecule has 1 aliphatic rings. The maximum atomic E-state index is 12.2. The molecule has 3 rings (SSSR count). The van der Waals surface area contributed by atoms with Crippen molar-refractivity contribution in [3.05, 3.63) is 59.2 Å². The summed E-state index contributed by atoms with van der Waals surface area (Å²) in [6.45, 7) is 4.18. The molecule has 25 heavy (non-hydrogen) atoms. The Morgan fingerprint density at radius 2 is 2.00 bits per heavy atom. The fourth-order valence-electron chi connectivity index (χ4n) is 2.72. The summed E-state index contributed by atoms with van der Waals surface area (Å²) in [5.41, 5.74) is 2.94. The molecular weight excluding hydrogens is 318 g/mol. The number of nitrogens with one attached hydrogen (secondary N) is 1. The number of hydrogen-bond acceptors (Lipinski definition) is 4. The zero-order chi connectivity index (χ0) is 17.8. The van der Waals surface area contributed by atoms with E-state index in [0.29, 0.717) is 5.75 Å². The molecule has 0 fully saturated rings. The highest BCUT2D eigenvalue weighted by Gasteiger charge is 2.14. The van der Waals surface area contributed by atoms with E-state index in [1.807, 2.05) is 50.2 Å². The lowest BCUT2D eigenvalue weighted by atomic mass is 10.0. The molecule has 0 saturated carbocycles. The second-order valence-electron chi connectivity index (χ2n) is 5.92. The molecule has 1 aliphatic heterocycles. The minimum Gasteiger partial charge on any atom is -0.496 e. The molecule has 5 heteroatoms. The van der Waals surface area contributed by atoms with Crippen molar-refractivity contribution in [2.75, 3.05) is 13.9 Å². The lowest BCUT2D eigenvalue weighted by molar-refractivity contribution is -0.117. The average Bonchev–Trinajstić information content (AvgIpc) is 3.07. The molecule has 0 aliphatic carbocycles. The van der Waals surface area contributed by atoms with Gasteiger partial charge in [0, 0.05) is 11.6 Å². The third-order valence-corrected chi connectivity index (χ3v) is 4.03. The van der Waals surface area contributed by atoms with Gasteiger partial charge < -0.3 is 19.5 Å². The fraction of sp³-hybridized carbons (Fsp3) is 0.250. The van der Waals surface area contributed by atoms with Gasteiger partial charge in [0.05, 0.1) is 13.2 Å². The highest BCUT2D eigenvalue weighted by atomic mass is 16.7. The SMILES string of the molecule is COc1ccc(C)cc1C(C)NC(=O)/C=C/c1ccc2c(c1)OCO2. The number of aryl methyl sites for hydroxylation is 1. The van der Waals surface area contributed by atoms with Gasteiger partial charge in [0.2, 0.25) is 12.7 Å². The van der Waals surface area contributed by atoms with E-state index in [0.717, 1.165) is 28.2 Å². The van der Waals surface area contributed by atoms with E-state index < -0.39 is 0 Å². The van der Waals surface area contributed by atoms with E-state index >= 15 is 0 Å². The Morgan fingerprint density at radius 1 is 1.20 bits per heavy atom. The first-order valence-electron chi connectivity index (χ1n) is 8.09. The van der Waals surface area contributed by atoms with Crippen molar-refractivity contribution < 1.29 is 19.0 Å². The zero-order valence-electron chi connectivity index (χ0n) is 14.5. The van der Waals surface area contributed by atoms with Crippen molar-refractivity contribution in [1.29, 1.82) is 0 Å². The van der Waals surface area contributed by atoms with Crippen LogP contribution in [0, 0.1) is 6.92 Å². The van der Waals surface area contributed by atoms with E-state index in [2.05, 4.69) is 5.32 Å². The van der Waals surface area contributed by atoms with Gasteiger partial charge in [-0.3, -0.25) is 4.79 Å². The number of rotatable bonds is 5. The molecule has 1 unspecified atom stereocenters. The van der Waals surface area contributed by atoms with Crippen molar-refractivity contribution in [2.24, 2.45) is 0 Å². The van der Waals surface area contributed by atoms with Crippen LogP contribution in [0.25, 0.3) is 6.08 Å². The Labute approximate surface area is 147 Å². The molecule has 0 bridgehead atoms. The second-order valence-corrected chi connectivity index (χ2v) is 5.92. The summed E-state index contributed by atoms with van der Waals surface area (Å²) >= 11 is 0. The van der Waals surface area contributed by atoms with E-state index in [1.54, 1.807) is 13.2 Å². The minimum absolute atomic E-state index is 0.163. The number of carbonyl (C=O) groups excluding carboxylic acids is 1. The number of methoxy groups -OCH3 is 1. The van der Waals surface area contributed by atoms with Gasteiger partial charge in [-0.2, -0.15) is 0 Å². The smallest absolute Gasteiger partial charge is 0.244 e. The molecule has 0 aromatic heterocycles. The van der Waals surface area contributed by atoms with Crippen LogP contribution in [0.2, 0.25) is 0 Å². The summed E-state index contributed by atoms with van der Waals surface area (Å²) < 4.78 is 16.0. The monoisotopic (exact) mass is 339 g/mol. The molecule has 0 spiro atoms. The number of benzene rings is 2. The number of amides is 1. The highest BCUT2D eigenvalue weighted by molar-refractivity contribution is 5.92. The fourth-order valence-corrected chi connectivity index (χ4v) is 2.72. The number of carbonyl (C=O) groups is 1. The van der Waals surface area contributed by atoms with Gasteiger partial charge in [0.1, 0.15) is 5.75 Å². The molecule has 2 aromatic rings. The topological polar surface area (TPSA) is 56.8 Å². The van der Waals surface area contributed by atoms with Gasteiger partial charge in [0.25, 0.3) is 0 Å². The lowest BCUT2D eigenvalue weighted by Crippen LogP contribution is -2.25. The van der Waals surface area contributed by atoms with E-state index in [-0.39, 0.29) is 18.7 Å². The van der Waals surface area contributed by atoms with Crippen LogP contribution in [0.3, 0.4) is 0 Å². The van der Waals surface area contributed by atoms with Crippen LogP contribution in [0.1, 0.15) is 29.7 Å². The predicted molar refractivity (Wildman–Crippen MR) is 95.9 cm³/mol. The van der Waals surface area contributed by atoms with E-state index in [1.165, 1.54) is 6.08 Å². The summed E-state index contributed by atoms with van der Waals surface area (Å²) in [6.07, 6.45) is 3.26. The standard InChI is InChI=1S/C20H21NO4/c1-13-4-7-17(23-3)16(10-13)14(2)21-20(22)9-6-15-5-8-18-19(11-15)25-12-24-18/h4-11,14H,12H2,1-3H3,(H,21,22)/b9-6+. The van der Waals surface area contributed by atoms with Gasteiger partial charge in [0.15, 0.2) is 11.5 Å². The van der Waals surface area contributed by atoms with Gasteiger partial charge >= 0.3 is 0 Å². The average molecular weight is 339 g/mol. The van der Waals surface area contributed by atoms with Crippen molar-refractivity contribution in [3.63, 3.8) is 0 Å². The van der Waals surface area contributed by atoms with Crippen molar-refractivity contribution >= 4 is 12.0 Å². The van der Waals surface area contributed by atoms with Crippen molar-refractivity contribution in [3.8, 4) is 17.2 Å². The predicted octanol–water partition coefficient (Wildman–Crippen LogP) is 3.62. The van der Waals surface area contributed by atoms with Crippen LogP contribution in [0.5, 0.6) is 17.2 Å². The zero-order valence-corrected chi connectivity index (χ0v) is 14.5. The molecule has 1 heterocycles. The molecule has 0 saturated heterocycles. The molecule has 2 aromatic carbocycles. The van der Waals surface area contributed by atoms with E-state index in [9.17, 15) is 4.79 Å². The van der Waals surface area contributed by atoms with Crippen molar-refractivity contribution in [1.82, 2.24) is 5.32 Å². The maximum Gasteiger partial charge on any atom is 0.244 e. The molecule has 5 nitrogen and oxygen atoms in total. The summed E-state index contributed by atoms with van der Waals surface area (Å²) in [7, 11) is 1.63. The molecule has 0 radical (unpaired) electrons. The maximum absolute atomic E-state index is 12.2. The van der Waals surface area contributed by atoms with Crippen LogP contribution in [-0.2, 0) is 4.79 Å². The summed E-state index contributed by atoms with van der Waals surface area (Å²) in [6, 6.07) is 11.3. The van der Waals surface area contributed by atoms with Crippen molar-refractivity contribution in [2.45, 2.75) is 19.9 Å². The minimum atomic E-state index is -0.172. The number of ether oxygens (including phenoxy) is 3. The van der Waals surface area contributed by atoms with E-state index in [4.69, 9.17) is 14.2 Å². The Balaban J connectivity index is 1.67. The Morgan fingerprint density at radius 3 is 2.80 bits per heavy atom. The Kier molecular flexibility index (Phi) is 4.93. The van der Waals surface area contributed by atoms with Crippen LogP contribution in [0.4, 0.5) is 0 Å². The van der Waals surface area contributed by atoms with Gasteiger partial charge in [-0.15, -0.1) is 0 Å². The Hall–Kier alpha value is -2.95. The van der Waals surface area contributed by atoms with Crippen LogP contribution in [0.15, 0.2) is 42.5 Å².